The van der Waals surface area contributed by atoms with Gasteiger partial charge >= 0.3 is 5.97 Å². The van der Waals surface area contributed by atoms with Crippen LogP contribution in [-0.4, -0.2) is 35.9 Å². The summed E-state index contributed by atoms with van der Waals surface area (Å²) in [4.78, 5) is 10.9. The Kier molecular flexibility index (Phi) is 4.78. The second kappa shape index (κ2) is 5.67. The fourth-order valence-corrected chi connectivity index (χ4v) is 5.21. The summed E-state index contributed by atoms with van der Waals surface area (Å²) in [5.74, 6) is -1.23. The van der Waals surface area contributed by atoms with Crippen LogP contribution in [0.2, 0.25) is 0 Å². The Morgan fingerprint density at radius 2 is 2.05 bits per heavy atom. The van der Waals surface area contributed by atoms with Crippen LogP contribution in [0.25, 0.3) is 0 Å². The number of aromatic carboxylic acids is 1. The number of sulfonamides is 1. The highest BCUT2D eigenvalue weighted by Crippen LogP contribution is 2.32. The van der Waals surface area contributed by atoms with Crippen LogP contribution in [0.4, 0.5) is 0 Å². The molecule has 1 aromatic rings. The Bertz CT molecular complexity index is 623. The number of carbonyl (C=O) groups is 1. The number of nitrogens with zero attached hydrogens (tertiary/aromatic N) is 1. The average Bonchev–Trinajstić information content (AvgIpc) is 2.67. The van der Waals surface area contributed by atoms with E-state index in [0.29, 0.717) is 5.56 Å². The van der Waals surface area contributed by atoms with Crippen molar-refractivity contribution in [3.63, 3.8) is 0 Å². The van der Waals surface area contributed by atoms with Gasteiger partial charge in [-0.05, 0) is 38.6 Å². The molecule has 0 radical (unpaired) electrons. The minimum Gasteiger partial charge on any atom is -0.477 e. The maximum atomic E-state index is 12.8. The molecule has 0 fully saturated rings. The second-order valence-electron chi connectivity index (χ2n) is 5.38. The van der Waals surface area contributed by atoms with Gasteiger partial charge in [0.05, 0.1) is 0 Å². The van der Waals surface area contributed by atoms with E-state index in [1.807, 2.05) is 0 Å². The zero-order valence-corrected chi connectivity index (χ0v) is 13.6. The molecule has 0 atom stereocenters. The number of rotatable bonds is 5. The summed E-state index contributed by atoms with van der Waals surface area (Å²) in [6.07, 6.45) is 1.49. The molecule has 0 saturated carbocycles. The summed E-state index contributed by atoms with van der Waals surface area (Å²) in [7, 11) is -3.89. The molecule has 0 aliphatic carbocycles. The van der Waals surface area contributed by atoms with Crippen molar-refractivity contribution >= 4 is 27.3 Å². The SMILES string of the molecule is C=CCN(C(C)(C)C)S(=O)(=O)c1c(C)csc1C(=O)O. The van der Waals surface area contributed by atoms with Gasteiger partial charge < -0.3 is 5.11 Å². The minimum absolute atomic E-state index is 0.119. The van der Waals surface area contributed by atoms with Crippen molar-refractivity contribution < 1.29 is 18.3 Å². The molecule has 0 aromatic carbocycles. The normalized spacial score (nSPS) is 12.7. The topological polar surface area (TPSA) is 74.7 Å². The summed E-state index contributed by atoms with van der Waals surface area (Å²) in [6, 6.07) is 0. The molecule has 0 saturated heterocycles. The zero-order valence-electron chi connectivity index (χ0n) is 12.0. The van der Waals surface area contributed by atoms with Gasteiger partial charge in [-0.15, -0.1) is 17.9 Å². The van der Waals surface area contributed by atoms with Crippen LogP contribution in [0.15, 0.2) is 22.9 Å². The van der Waals surface area contributed by atoms with Crippen LogP contribution < -0.4 is 0 Å². The minimum atomic E-state index is -3.89. The lowest BCUT2D eigenvalue weighted by Gasteiger charge is -2.33. The summed E-state index contributed by atoms with van der Waals surface area (Å²) < 4.78 is 26.9. The first-order valence-corrected chi connectivity index (χ1v) is 8.30. The molecule has 5 nitrogen and oxygen atoms in total. The Hall–Kier alpha value is -1.18. The fourth-order valence-electron chi connectivity index (χ4n) is 1.86. The summed E-state index contributed by atoms with van der Waals surface area (Å²) in [6.45, 7) is 10.6. The van der Waals surface area contributed by atoms with E-state index >= 15 is 0 Å². The maximum Gasteiger partial charge on any atom is 0.347 e. The van der Waals surface area contributed by atoms with Crippen molar-refractivity contribution in [2.45, 2.75) is 38.1 Å². The molecular weight excluding hydrogens is 298 g/mol. The van der Waals surface area contributed by atoms with Crippen LogP contribution in [0.3, 0.4) is 0 Å². The lowest BCUT2D eigenvalue weighted by Crippen LogP contribution is -2.45. The van der Waals surface area contributed by atoms with Gasteiger partial charge in [0.25, 0.3) is 0 Å². The molecule has 1 rings (SSSR count). The molecule has 112 valence electrons. The molecule has 0 aliphatic heterocycles. The highest BCUT2D eigenvalue weighted by molar-refractivity contribution is 7.89. The number of thiophene rings is 1. The van der Waals surface area contributed by atoms with E-state index in [-0.39, 0.29) is 16.3 Å². The highest BCUT2D eigenvalue weighted by Gasteiger charge is 2.37. The van der Waals surface area contributed by atoms with Crippen molar-refractivity contribution in [3.05, 3.63) is 28.5 Å². The standard InChI is InChI=1S/C13H19NO4S2/c1-6-7-14(13(3,4)5)20(17,18)11-9(2)8-19-10(11)12(15)16/h6,8H,1,7H2,2-5H3,(H,15,16). The maximum absolute atomic E-state index is 12.8. The number of aryl methyl sites for hydroxylation is 1. The Morgan fingerprint density at radius 1 is 1.50 bits per heavy atom. The molecule has 1 aromatic heterocycles. The van der Waals surface area contributed by atoms with Crippen LogP contribution in [0.1, 0.15) is 36.0 Å². The molecule has 0 unspecified atom stereocenters. The Morgan fingerprint density at radius 3 is 2.45 bits per heavy atom. The molecule has 0 spiro atoms. The molecule has 1 heterocycles. The predicted octanol–water partition coefficient (Wildman–Crippen LogP) is 2.73. The Balaban J connectivity index is 3.53. The van der Waals surface area contributed by atoms with Gasteiger partial charge in [-0.25, -0.2) is 13.2 Å². The quantitative estimate of drug-likeness (QED) is 0.847. The first-order chi connectivity index (χ1) is 9.03. The third-order valence-corrected chi connectivity index (χ3v) is 6.24. The third-order valence-electron chi connectivity index (χ3n) is 2.70. The number of hydrogen-bond donors (Lipinski definition) is 1. The molecule has 0 amide bonds. The van der Waals surface area contributed by atoms with E-state index < -0.39 is 21.5 Å². The van der Waals surface area contributed by atoms with E-state index in [4.69, 9.17) is 5.11 Å². The Labute approximate surface area is 123 Å². The molecule has 7 heteroatoms. The smallest absolute Gasteiger partial charge is 0.347 e. The summed E-state index contributed by atoms with van der Waals surface area (Å²) >= 11 is 0.926. The van der Waals surface area contributed by atoms with Crippen LogP contribution in [-0.2, 0) is 10.0 Å². The average molecular weight is 317 g/mol. The summed E-state index contributed by atoms with van der Waals surface area (Å²) in [5.41, 5.74) is -0.220. The van der Waals surface area contributed by atoms with Crippen molar-refractivity contribution in [3.8, 4) is 0 Å². The van der Waals surface area contributed by atoms with E-state index in [2.05, 4.69) is 6.58 Å². The fraction of sp³-hybridized carbons (Fsp3) is 0.462. The molecule has 1 N–H and O–H groups in total. The second-order valence-corrected chi connectivity index (χ2v) is 8.06. The predicted molar refractivity (Wildman–Crippen MR) is 79.9 cm³/mol. The number of carboxylic acids is 1. The third kappa shape index (κ3) is 3.11. The molecule has 0 bridgehead atoms. The first kappa shape index (κ1) is 16.9. The van der Waals surface area contributed by atoms with E-state index in [1.165, 1.54) is 10.4 Å². The van der Waals surface area contributed by atoms with Gasteiger partial charge in [0.2, 0.25) is 10.0 Å². The largest absolute Gasteiger partial charge is 0.477 e. The van der Waals surface area contributed by atoms with Crippen molar-refractivity contribution in [2.24, 2.45) is 0 Å². The lowest BCUT2D eigenvalue weighted by molar-refractivity contribution is 0.0697. The van der Waals surface area contributed by atoms with E-state index in [1.54, 1.807) is 33.1 Å². The van der Waals surface area contributed by atoms with Crippen LogP contribution >= 0.6 is 11.3 Å². The van der Waals surface area contributed by atoms with E-state index in [9.17, 15) is 13.2 Å². The van der Waals surface area contributed by atoms with Gasteiger partial charge in [0, 0.05) is 12.1 Å². The number of carboxylic acid groups (broad SMARTS) is 1. The molecular formula is C13H19NO4S2. The van der Waals surface area contributed by atoms with Crippen LogP contribution in [0.5, 0.6) is 0 Å². The van der Waals surface area contributed by atoms with Gasteiger partial charge in [-0.3, -0.25) is 0 Å². The van der Waals surface area contributed by atoms with Gasteiger partial charge in [0.15, 0.2) is 0 Å². The van der Waals surface area contributed by atoms with Crippen LogP contribution in [0, 0.1) is 6.92 Å². The molecule has 20 heavy (non-hydrogen) atoms. The highest BCUT2D eigenvalue weighted by atomic mass is 32.2. The van der Waals surface area contributed by atoms with E-state index in [0.717, 1.165) is 11.3 Å². The van der Waals surface area contributed by atoms with Gasteiger partial charge in [0.1, 0.15) is 9.77 Å². The zero-order chi connectivity index (χ0) is 15.7. The lowest BCUT2D eigenvalue weighted by atomic mass is 10.1. The molecule has 0 aliphatic rings. The van der Waals surface area contributed by atoms with Gasteiger partial charge in [-0.1, -0.05) is 6.08 Å². The van der Waals surface area contributed by atoms with Crippen molar-refractivity contribution in [1.82, 2.24) is 4.31 Å². The van der Waals surface area contributed by atoms with Crippen molar-refractivity contribution in [2.75, 3.05) is 6.54 Å². The first-order valence-electron chi connectivity index (χ1n) is 5.98. The van der Waals surface area contributed by atoms with Crippen molar-refractivity contribution in [1.29, 1.82) is 0 Å². The monoisotopic (exact) mass is 317 g/mol. The van der Waals surface area contributed by atoms with Gasteiger partial charge in [-0.2, -0.15) is 4.31 Å². The number of hydrogen-bond acceptors (Lipinski definition) is 4. The summed E-state index contributed by atoms with van der Waals surface area (Å²) in [5, 5.41) is 10.7.